The van der Waals surface area contributed by atoms with E-state index in [1.165, 1.54) is 6.07 Å². The van der Waals surface area contributed by atoms with E-state index >= 15 is 0 Å². The van der Waals surface area contributed by atoms with Gasteiger partial charge in [-0.15, -0.1) is 0 Å². The van der Waals surface area contributed by atoms with E-state index in [4.69, 9.17) is 0 Å². The van der Waals surface area contributed by atoms with Gasteiger partial charge in [0.1, 0.15) is 11.5 Å². The van der Waals surface area contributed by atoms with Crippen LogP contribution in [0, 0.1) is 5.82 Å². The SMILES string of the molecule is O=Cc1cccn2cc(-c3ccccc3F)nc12. The van der Waals surface area contributed by atoms with Crippen molar-refractivity contribution in [1.29, 1.82) is 0 Å². The van der Waals surface area contributed by atoms with Gasteiger partial charge in [0.2, 0.25) is 0 Å². The maximum atomic E-state index is 13.7. The van der Waals surface area contributed by atoms with Crippen LogP contribution in [0.15, 0.2) is 48.8 Å². The van der Waals surface area contributed by atoms with Crippen LogP contribution in [0.5, 0.6) is 0 Å². The van der Waals surface area contributed by atoms with Crippen molar-refractivity contribution < 1.29 is 9.18 Å². The zero-order valence-electron chi connectivity index (χ0n) is 9.38. The van der Waals surface area contributed by atoms with E-state index in [2.05, 4.69) is 4.98 Å². The molecular formula is C14H9FN2O. The lowest BCUT2D eigenvalue weighted by molar-refractivity contribution is 0.112. The van der Waals surface area contributed by atoms with E-state index in [9.17, 15) is 9.18 Å². The van der Waals surface area contributed by atoms with Crippen LogP contribution in [0.25, 0.3) is 16.9 Å². The monoisotopic (exact) mass is 240 g/mol. The number of hydrogen-bond donors (Lipinski definition) is 0. The molecule has 0 radical (unpaired) electrons. The molecule has 0 spiro atoms. The summed E-state index contributed by atoms with van der Waals surface area (Å²) in [5.41, 5.74) is 1.96. The van der Waals surface area contributed by atoms with Crippen molar-refractivity contribution in [3.8, 4) is 11.3 Å². The van der Waals surface area contributed by atoms with Gasteiger partial charge in [-0.05, 0) is 24.3 Å². The van der Waals surface area contributed by atoms with Gasteiger partial charge in [-0.2, -0.15) is 0 Å². The Morgan fingerprint density at radius 2 is 2.00 bits per heavy atom. The molecule has 2 aromatic heterocycles. The molecule has 0 amide bonds. The highest BCUT2D eigenvalue weighted by molar-refractivity contribution is 5.85. The normalized spacial score (nSPS) is 10.7. The first-order valence-electron chi connectivity index (χ1n) is 5.47. The largest absolute Gasteiger partial charge is 0.306 e. The Bertz CT molecular complexity index is 733. The molecule has 0 aliphatic carbocycles. The molecule has 0 unspecified atom stereocenters. The predicted octanol–water partition coefficient (Wildman–Crippen LogP) is 2.95. The minimum Gasteiger partial charge on any atom is -0.306 e. The summed E-state index contributed by atoms with van der Waals surface area (Å²) >= 11 is 0. The Hall–Kier alpha value is -2.49. The second-order valence-electron chi connectivity index (χ2n) is 3.92. The van der Waals surface area contributed by atoms with Crippen molar-refractivity contribution in [2.75, 3.05) is 0 Å². The first-order chi connectivity index (χ1) is 8.79. The summed E-state index contributed by atoms with van der Waals surface area (Å²) in [5, 5.41) is 0. The highest BCUT2D eigenvalue weighted by Gasteiger charge is 2.10. The number of nitrogens with zero attached hydrogens (tertiary/aromatic N) is 2. The summed E-state index contributed by atoms with van der Waals surface area (Å²) in [6, 6.07) is 9.87. The quantitative estimate of drug-likeness (QED) is 0.645. The second kappa shape index (κ2) is 4.07. The van der Waals surface area contributed by atoms with E-state index in [0.717, 1.165) is 6.29 Å². The van der Waals surface area contributed by atoms with E-state index < -0.39 is 0 Å². The topological polar surface area (TPSA) is 34.4 Å². The number of carbonyl (C=O) groups excluding carboxylic acids is 1. The predicted molar refractivity (Wildman–Crippen MR) is 66.0 cm³/mol. The van der Waals surface area contributed by atoms with Gasteiger partial charge in [-0.1, -0.05) is 12.1 Å². The van der Waals surface area contributed by atoms with E-state index in [-0.39, 0.29) is 5.82 Å². The molecule has 4 heteroatoms. The smallest absolute Gasteiger partial charge is 0.153 e. The van der Waals surface area contributed by atoms with Crippen molar-refractivity contribution in [3.05, 3.63) is 60.2 Å². The molecule has 3 nitrogen and oxygen atoms in total. The molecule has 2 heterocycles. The van der Waals surface area contributed by atoms with Gasteiger partial charge in [0.05, 0.1) is 11.3 Å². The van der Waals surface area contributed by atoms with Gasteiger partial charge in [0.15, 0.2) is 6.29 Å². The number of aromatic nitrogens is 2. The number of carbonyl (C=O) groups is 1. The van der Waals surface area contributed by atoms with Crippen molar-refractivity contribution in [2.45, 2.75) is 0 Å². The van der Waals surface area contributed by atoms with E-state index in [1.54, 1.807) is 47.1 Å². The van der Waals surface area contributed by atoms with E-state index in [0.29, 0.717) is 22.5 Å². The number of fused-ring (bicyclic) bond motifs is 1. The highest BCUT2D eigenvalue weighted by Crippen LogP contribution is 2.22. The number of halogens is 1. The van der Waals surface area contributed by atoms with Crippen LogP contribution >= 0.6 is 0 Å². The van der Waals surface area contributed by atoms with Crippen LogP contribution in [0.2, 0.25) is 0 Å². The molecule has 1 aromatic carbocycles. The zero-order valence-corrected chi connectivity index (χ0v) is 9.38. The van der Waals surface area contributed by atoms with Gasteiger partial charge in [0.25, 0.3) is 0 Å². The van der Waals surface area contributed by atoms with E-state index in [1.807, 2.05) is 0 Å². The number of benzene rings is 1. The number of aldehydes is 1. The Morgan fingerprint density at radius 1 is 1.17 bits per heavy atom. The minimum absolute atomic E-state index is 0.325. The average Bonchev–Trinajstić information content (AvgIpc) is 2.82. The molecule has 3 aromatic rings. The molecule has 0 bridgehead atoms. The summed E-state index contributed by atoms with van der Waals surface area (Å²) in [4.78, 5) is 15.2. The minimum atomic E-state index is -0.325. The van der Waals surface area contributed by atoms with Crippen LogP contribution < -0.4 is 0 Å². The maximum absolute atomic E-state index is 13.7. The molecule has 0 atom stereocenters. The Labute approximate surface area is 103 Å². The number of pyridine rings is 1. The highest BCUT2D eigenvalue weighted by atomic mass is 19.1. The molecule has 0 aliphatic rings. The molecule has 0 aliphatic heterocycles. The Kier molecular flexibility index (Phi) is 2.41. The van der Waals surface area contributed by atoms with Crippen LogP contribution in [0.1, 0.15) is 10.4 Å². The summed E-state index contributed by atoms with van der Waals surface area (Å²) in [5.74, 6) is -0.325. The van der Waals surface area contributed by atoms with Crippen molar-refractivity contribution in [1.82, 2.24) is 9.38 Å². The molecule has 0 saturated heterocycles. The van der Waals surface area contributed by atoms with Crippen LogP contribution in [-0.4, -0.2) is 15.7 Å². The van der Waals surface area contributed by atoms with Crippen molar-refractivity contribution >= 4 is 11.9 Å². The fourth-order valence-corrected chi connectivity index (χ4v) is 1.93. The second-order valence-corrected chi connectivity index (χ2v) is 3.92. The first-order valence-corrected chi connectivity index (χ1v) is 5.47. The summed E-state index contributed by atoms with van der Waals surface area (Å²) < 4.78 is 15.4. The molecular weight excluding hydrogens is 231 g/mol. The van der Waals surface area contributed by atoms with Crippen molar-refractivity contribution in [3.63, 3.8) is 0 Å². The lowest BCUT2D eigenvalue weighted by atomic mass is 10.1. The van der Waals surface area contributed by atoms with Crippen molar-refractivity contribution in [2.24, 2.45) is 0 Å². The molecule has 3 rings (SSSR count). The summed E-state index contributed by atoms with van der Waals surface area (Å²) in [7, 11) is 0. The van der Waals surface area contributed by atoms with Crippen LogP contribution in [0.4, 0.5) is 4.39 Å². The van der Waals surface area contributed by atoms with Gasteiger partial charge in [-0.3, -0.25) is 4.79 Å². The summed E-state index contributed by atoms with van der Waals surface area (Å²) in [6.45, 7) is 0. The first kappa shape index (κ1) is 10.7. The van der Waals surface area contributed by atoms with Crippen LogP contribution in [-0.2, 0) is 0 Å². The number of rotatable bonds is 2. The number of hydrogen-bond acceptors (Lipinski definition) is 2. The summed E-state index contributed by atoms with van der Waals surface area (Å²) in [6.07, 6.45) is 4.23. The fraction of sp³-hybridized carbons (Fsp3) is 0. The van der Waals surface area contributed by atoms with Gasteiger partial charge >= 0.3 is 0 Å². The molecule has 0 N–H and O–H groups in total. The third-order valence-corrected chi connectivity index (χ3v) is 2.79. The van der Waals surface area contributed by atoms with Gasteiger partial charge in [-0.25, -0.2) is 9.37 Å². The Morgan fingerprint density at radius 3 is 2.78 bits per heavy atom. The molecule has 0 saturated carbocycles. The zero-order chi connectivity index (χ0) is 12.5. The molecule has 88 valence electrons. The standard InChI is InChI=1S/C14H9FN2O/c15-12-6-2-1-5-11(12)13-8-17-7-3-4-10(9-18)14(17)16-13/h1-9H. The lowest BCUT2D eigenvalue weighted by Crippen LogP contribution is -1.88. The third-order valence-electron chi connectivity index (χ3n) is 2.79. The van der Waals surface area contributed by atoms with Gasteiger partial charge < -0.3 is 4.40 Å². The average molecular weight is 240 g/mol. The Balaban J connectivity index is 2.26. The fourth-order valence-electron chi connectivity index (χ4n) is 1.93. The van der Waals surface area contributed by atoms with Gasteiger partial charge in [0, 0.05) is 18.0 Å². The maximum Gasteiger partial charge on any atom is 0.153 e. The lowest BCUT2D eigenvalue weighted by Gasteiger charge is -1.96. The molecule has 18 heavy (non-hydrogen) atoms. The molecule has 0 fully saturated rings. The van der Waals surface area contributed by atoms with Crippen LogP contribution in [0.3, 0.4) is 0 Å². The third kappa shape index (κ3) is 1.59. The number of imidazole rings is 1.